The average Bonchev–Trinajstić information content (AvgIpc) is 3.14. The molecule has 141 valence electrons. The van der Waals surface area contributed by atoms with Gasteiger partial charge in [0.25, 0.3) is 0 Å². The number of fused-ring (bicyclic) bond motifs is 1. The normalized spacial score (nSPS) is 19.2. The molecule has 4 rings (SSSR count). The molecular weight excluding hydrogens is 341 g/mol. The third kappa shape index (κ3) is 4.30. The van der Waals surface area contributed by atoms with Gasteiger partial charge < -0.3 is 15.5 Å². The van der Waals surface area contributed by atoms with Crippen LogP contribution >= 0.6 is 0 Å². The molecule has 0 amide bonds. The van der Waals surface area contributed by atoms with Gasteiger partial charge in [0.15, 0.2) is 5.78 Å². The van der Waals surface area contributed by atoms with E-state index in [0.717, 1.165) is 31.6 Å². The number of likely N-dealkylation sites (tertiary alicyclic amines) is 1. The fraction of sp³-hybridized carbons (Fsp3) is 0.364. The fourth-order valence-corrected chi connectivity index (χ4v) is 4.08. The number of rotatable bonds is 6. The highest BCUT2D eigenvalue weighted by Gasteiger charge is 2.22. The second-order valence-corrected chi connectivity index (χ2v) is 7.48. The number of benzene rings is 2. The molecule has 2 aliphatic rings. The van der Waals surface area contributed by atoms with Crippen LogP contribution in [-0.4, -0.2) is 30.3 Å². The van der Waals surface area contributed by atoms with Gasteiger partial charge in [-0.3, -0.25) is 4.79 Å². The van der Waals surface area contributed by atoms with E-state index in [1.807, 2.05) is 6.07 Å². The number of piperidine rings is 1. The Morgan fingerprint density at radius 3 is 2.74 bits per heavy atom. The van der Waals surface area contributed by atoms with E-state index in [1.165, 1.54) is 18.1 Å². The zero-order chi connectivity index (χ0) is 18.6. The standard InChI is InChI=1S/C22H25FN3O/c23-19-13-21-20(24-15-25-21)12-18(19)22(27)8-10-26-9-4-7-17(14-26)11-16-5-2-1-3-6-16/h1-3,5-6,12-13,15,17,24-25H,4,7-11,14H2/t17-/m0/s1. The highest BCUT2D eigenvalue weighted by Crippen LogP contribution is 2.31. The summed E-state index contributed by atoms with van der Waals surface area (Å²) in [4.78, 5) is 14.9. The first-order chi connectivity index (χ1) is 13.2. The zero-order valence-electron chi connectivity index (χ0n) is 15.4. The van der Waals surface area contributed by atoms with Crippen LogP contribution in [0, 0.1) is 18.4 Å². The quantitative estimate of drug-likeness (QED) is 0.748. The molecule has 2 aromatic rings. The molecule has 1 atom stereocenters. The maximum absolute atomic E-state index is 14.2. The van der Waals surface area contributed by atoms with Crippen molar-refractivity contribution in [2.45, 2.75) is 25.7 Å². The van der Waals surface area contributed by atoms with Crippen molar-refractivity contribution in [2.75, 3.05) is 30.3 Å². The summed E-state index contributed by atoms with van der Waals surface area (Å²) >= 11 is 0. The third-order valence-electron chi connectivity index (χ3n) is 5.49. The summed E-state index contributed by atoms with van der Waals surface area (Å²) in [7, 11) is 0. The van der Waals surface area contributed by atoms with Crippen molar-refractivity contribution < 1.29 is 9.18 Å². The topological polar surface area (TPSA) is 44.4 Å². The van der Waals surface area contributed by atoms with Crippen molar-refractivity contribution in [1.82, 2.24) is 4.90 Å². The van der Waals surface area contributed by atoms with Gasteiger partial charge in [-0.1, -0.05) is 30.3 Å². The molecule has 1 fully saturated rings. The first kappa shape index (κ1) is 18.0. The molecule has 27 heavy (non-hydrogen) atoms. The van der Waals surface area contributed by atoms with Crippen molar-refractivity contribution in [1.29, 1.82) is 0 Å². The van der Waals surface area contributed by atoms with Crippen LogP contribution in [-0.2, 0) is 6.42 Å². The monoisotopic (exact) mass is 366 g/mol. The molecule has 4 nitrogen and oxygen atoms in total. The van der Waals surface area contributed by atoms with Gasteiger partial charge in [0, 0.05) is 19.5 Å². The molecular formula is C22H25FN3O. The smallest absolute Gasteiger partial charge is 0.167 e. The Balaban J connectivity index is 1.32. The second-order valence-electron chi connectivity index (χ2n) is 7.48. The fourth-order valence-electron chi connectivity index (χ4n) is 4.08. The molecule has 0 spiro atoms. The van der Waals surface area contributed by atoms with E-state index >= 15 is 0 Å². The van der Waals surface area contributed by atoms with Crippen molar-refractivity contribution in [3.8, 4) is 0 Å². The highest BCUT2D eigenvalue weighted by atomic mass is 19.1. The second kappa shape index (κ2) is 8.09. The molecule has 0 aromatic heterocycles. The minimum absolute atomic E-state index is 0.130. The molecule has 0 bridgehead atoms. The van der Waals surface area contributed by atoms with E-state index < -0.39 is 5.82 Å². The van der Waals surface area contributed by atoms with Crippen LogP contribution in [0.15, 0.2) is 42.5 Å². The Bertz CT molecular complexity index is 809. The lowest BCUT2D eigenvalue weighted by Gasteiger charge is -2.32. The number of Topliss-reactive ketones (excluding diaryl/α,β-unsaturated/α-hetero) is 1. The van der Waals surface area contributed by atoms with E-state index in [2.05, 4.69) is 39.8 Å². The first-order valence-electron chi connectivity index (χ1n) is 9.67. The summed E-state index contributed by atoms with van der Waals surface area (Å²) < 4.78 is 14.2. The van der Waals surface area contributed by atoms with Crippen molar-refractivity contribution >= 4 is 17.2 Å². The van der Waals surface area contributed by atoms with Gasteiger partial charge in [-0.25, -0.2) is 4.39 Å². The average molecular weight is 366 g/mol. The third-order valence-corrected chi connectivity index (χ3v) is 5.49. The van der Waals surface area contributed by atoms with Crippen molar-refractivity contribution in [3.05, 3.63) is 66.1 Å². The number of nitrogens with one attached hydrogen (secondary N) is 2. The summed E-state index contributed by atoms with van der Waals surface area (Å²) in [5.74, 6) is 0.0388. The number of carbonyl (C=O) groups excluding carboxylic acids is 1. The molecule has 1 saturated heterocycles. The Kier molecular flexibility index (Phi) is 5.39. The number of carbonyl (C=O) groups is 1. The van der Waals surface area contributed by atoms with E-state index in [9.17, 15) is 9.18 Å². The van der Waals surface area contributed by atoms with Gasteiger partial charge in [-0.05, 0) is 49.4 Å². The Labute approximate surface area is 159 Å². The maximum atomic E-state index is 14.2. The van der Waals surface area contributed by atoms with Gasteiger partial charge in [-0.15, -0.1) is 0 Å². The van der Waals surface area contributed by atoms with Crippen LogP contribution in [0.1, 0.15) is 35.2 Å². The molecule has 5 heteroatoms. The van der Waals surface area contributed by atoms with Gasteiger partial charge in [-0.2, -0.15) is 0 Å². The minimum atomic E-state index is -0.455. The number of anilines is 2. The molecule has 2 aliphatic heterocycles. The molecule has 0 aliphatic carbocycles. The van der Waals surface area contributed by atoms with E-state index in [-0.39, 0.29) is 11.3 Å². The van der Waals surface area contributed by atoms with Gasteiger partial charge in [0.1, 0.15) is 12.5 Å². The first-order valence-corrected chi connectivity index (χ1v) is 9.67. The lowest BCUT2D eigenvalue weighted by atomic mass is 9.91. The van der Waals surface area contributed by atoms with Crippen LogP contribution < -0.4 is 10.6 Å². The van der Waals surface area contributed by atoms with Crippen LogP contribution in [0.25, 0.3) is 0 Å². The van der Waals surface area contributed by atoms with Crippen LogP contribution in [0.4, 0.5) is 15.8 Å². The highest BCUT2D eigenvalue weighted by molar-refractivity contribution is 5.98. The summed E-state index contributed by atoms with van der Waals surface area (Å²) in [5.41, 5.74) is 2.97. The Hall–Kier alpha value is -2.40. The summed E-state index contributed by atoms with van der Waals surface area (Å²) in [6.07, 6.45) is 3.82. The van der Waals surface area contributed by atoms with Crippen LogP contribution in [0.2, 0.25) is 0 Å². The van der Waals surface area contributed by atoms with Gasteiger partial charge in [0.2, 0.25) is 0 Å². The number of hydrogen-bond donors (Lipinski definition) is 2. The predicted molar refractivity (Wildman–Crippen MR) is 106 cm³/mol. The molecule has 0 unspecified atom stereocenters. The van der Waals surface area contributed by atoms with E-state index in [0.29, 0.717) is 24.6 Å². The number of nitrogens with zero attached hydrogens (tertiary/aromatic N) is 1. The summed E-state index contributed by atoms with van der Waals surface area (Å²) in [6, 6.07) is 13.6. The zero-order valence-corrected chi connectivity index (χ0v) is 15.4. The largest absolute Gasteiger partial charge is 0.360 e. The van der Waals surface area contributed by atoms with E-state index in [4.69, 9.17) is 0 Å². The minimum Gasteiger partial charge on any atom is -0.360 e. The van der Waals surface area contributed by atoms with Gasteiger partial charge in [0.05, 0.1) is 16.9 Å². The molecule has 2 heterocycles. The van der Waals surface area contributed by atoms with Crippen LogP contribution in [0.5, 0.6) is 0 Å². The molecule has 2 N–H and O–H groups in total. The van der Waals surface area contributed by atoms with Gasteiger partial charge >= 0.3 is 0 Å². The molecule has 0 saturated carbocycles. The van der Waals surface area contributed by atoms with Crippen LogP contribution in [0.3, 0.4) is 0 Å². The lowest BCUT2D eigenvalue weighted by Crippen LogP contribution is -2.37. The molecule has 1 radical (unpaired) electrons. The number of ketones is 1. The predicted octanol–water partition coefficient (Wildman–Crippen LogP) is 4.31. The van der Waals surface area contributed by atoms with Crippen molar-refractivity contribution in [3.63, 3.8) is 0 Å². The summed E-state index contributed by atoms with van der Waals surface area (Å²) in [5, 5.41) is 5.91. The maximum Gasteiger partial charge on any atom is 0.167 e. The Morgan fingerprint density at radius 1 is 1.15 bits per heavy atom. The number of halogens is 1. The Morgan fingerprint density at radius 2 is 1.93 bits per heavy atom. The SMILES string of the molecule is O=C(CCN1CCC[C@@H](Cc2ccccc2)C1)c1cc2c(cc1F)N[CH]N2. The van der Waals surface area contributed by atoms with Crippen molar-refractivity contribution in [2.24, 2.45) is 5.92 Å². The number of hydrogen-bond acceptors (Lipinski definition) is 4. The van der Waals surface area contributed by atoms with E-state index in [1.54, 1.807) is 12.7 Å². The summed E-state index contributed by atoms with van der Waals surface area (Å²) in [6.45, 7) is 4.36. The molecule has 2 aromatic carbocycles. The lowest BCUT2D eigenvalue weighted by molar-refractivity contribution is 0.0942.